The third-order valence-electron chi connectivity index (χ3n) is 5.12. The Morgan fingerprint density at radius 1 is 0.897 bits per heavy atom. The van der Waals surface area contributed by atoms with E-state index < -0.39 is 0 Å². The van der Waals surface area contributed by atoms with Gasteiger partial charge in [0, 0.05) is 17.7 Å². The van der Waals surface area contributed by atoms with E-state index >= 15 is 0 Å². The van der Waals surface area contributed by atoms with Crippen molar-refractivity contribution in [3.63, 3.8) is 0 Å². The summed E-state index contributed by atoms with van der Waals surface area (Å²) < 4.78 is 0. The van der Waals surface area contributed by atoms with Crippen LogP contribution >= 0.6 is 0 Å². The normalized spacial score (nSPS) is 10.7. The maximum absolute atomic E-state index is 12.5. The van der Waals surface area contributed by atoms with Crippen LogP contribution in [0.2, 0.25) is 0 Å². The average Bonchev–Trinajstić information content (AvgIpc) is 2.69. The quantitative estimate of drug-likeness (QED) is 0.517. The Balaban J connectivity index is 1.83. The fourth-order valence-corrected chi connectivity index (χ4v) is 3.40. The van der Waals surface area contributed by atoms with Crippen LogP contribution in [-0.4, -0.2) is 16.1 Å². The number of hydrogen-bond donors (Lipinski definition) is 3. The molecule has 3 N–H and O–H groups in total. The molecule has 0 aromatic heterocycles. The van der Waals surface area contributed by atoms with Crippen LogP contribution in [0.5, 0.6) is 11.5 Å². The summed E-state index contributed by atoms with van der Waals surface area (Å²) in [6.07, 6.45) is 1.31. The summed E-state index contributed by atoms with van der Waals surface area (Å²) in [4.78, 5) is 12.5. The van der Waals surface area contributed by atoms with E-state index in [4.69, 9.17) is 0 Å². The van der Waals surface area contributed by atoms with Gasteiger partial charge in [-0.05, 0) is 54.7 Å². The molecule has 0 aliphatic rings. The minimum atomic E-state index is -0.106. The minimum Gasteiger partial charge on any atom is -0.507 e. The molecule has 0 aliphatic heterocycles. The molecule has 29 heavy (non-hydrogen) atoms. The van der Waals surface area contributed by atoms with Gasteiger partial charge in [-0.15, -0.1) is 0 Å². The van der Waals surface area contributed by atoms with Crippen molar-refractivity contribution in [2.75, 3.05) is 5.32 Å². The van der Waals surface area contributed by atoms with Crippen molar-refractivity contribution in [1.82, 2.24) is 0 Å². The van der Waals surface area contributed by atoms with E-state index in [2.05, 4.69) is 5.32 Å². The number of hydrogen-bond acceptors (Lipinski definition) is 3. The van der Waals surface area contributed by atoms with E-state index in [9.17, 15) is 15.0 Å². The molecule has 0 fully saturated rings. The molecule has 0 spiro atoms. The average molecular weight is 389 g/mol. The highest BCUT2D eigenvalue weighted by Crippen LogP contribution is 2.32. The van der Waals surface area contributed by atoms with Gasteiger partial charge in [0.15, 0.2) is 0 Å². The van der Waals surface area contributed by atoms with E-state index in [-0.39, 0.29) is 23.8 Å². The van der Waals surface area contributed by atoms with E-state index in [1.54, 1.807) is 6.07 Å². The van der Waals surface area contributed by atoms with Crippen LogP contribution in [0.4, 0.5) is 5.69 Å². The molecule has 150 valence electrons. The Bertz CT molecular complexity index is 1020. The van der Waals surface area contributed by atoms with Crippen molar-refractivity contribution in [3.05, 3.63) is 88.0 Å². The summed E-state index contributed by atoms with van der Waals surface area (Å²) in [6.45, 7) is 5.82. The predicted octanol–water partition coefficient (Wildman–Crippen LogP) is 5.05. The Hall–Kier alpha value is -3.27. The van der Waals surface area contributed by atoms with Crippen LogP contribution in [0.3, 0.4) is 0 Å². The first-order chi connectivity index (χ1) is 13.9. The van der Waals surface area contributed by atoms with Crippen LogP contribution in [0.15, 0.2) is 54.6 Å². The van der Waals surface area contributed by atoms with Crippen LogP contribution in [0.1, 0.15) is 40.3 Å². The standard InChI is InChI=1S/C25H27NO3/c1-4-19-14-22(26-23(27)12-18-10-8-16(2)9-11-18)15-21(25(19)29)13-20-7-5-6-17(3)24(20)28/h5-11,14-15,28-29H,4,12-13H2,1-3H3,(H,26,27). The lowest BCUT2D eigenvalue weighted by atomic mass is 9.97. The van der Waals surface area contributed by atoms with E-state index in [0.717, 1.165) is 27.8 Å². The Labute approximate surface area is 171 Å². The van der Waals surface area contributed by atoms with Gasteiger partial charge in [0.2, 0.25) is 5.91 Å². The van der Waals surface area contributed by atoms with Crippen molar-refractivity contribution in [2.24, 2.45) is 0 Å². The lowest BCUT2D eigenvalue weighted by molar-refractivity contribution is -0.115. The number of aryl methyl sites for hydroxylation is 3. The Kier molecular flexibility index (Phi) is 6.23. The van der Waals surface area contributed by atoms with Crippen molar-refractivity contribution < 1.29 is 15.0 Å². The molecule has 0 saturated heterocycles. The van der Waals surface area contributed by atoms with Gasteiger partial charge >= 0.3 is 0 Å². The van der Waals surface area contributed by atoms with E-state index in [1.807, 2.05) is 69.3 Å². The summed E-state index contributed by atoms with van der Waals surface area (Å²) in [5, 5.41) is 23.9. The number of aromatic hydroxyl groups is 2. The molecule has 0 unspecified atom stereocenters. The molecule has 0 aliphatic carbocycles. The van der Waals surface area contributed by atoms with Gasteiger partial charge in [-0.25, -0.2) is 0 Å². The molecule has 0 saturated carbocycles. The minimum absolute atomic E-state index is 0.106. The zero-order valence-electron chi connectivity index (χ0n) is 17.1. The second-order valence-corrected chi connectivity index (χ2v) is 7.47. The first kappa shape index (κ1) is 20.5. The van der Waals surface area contributed by atoms with Gasteiger partial charge in [0.1, 0.15) is 11.5 Å². The molecule has 1 amide bonds. The van der Waals surface area contributed by atoms with Crippen LogP contribution in [0, 0.1) is 13.8 Å². The van der Waals surface area contributed by atoms with Gasteiger partial charge in [0.05, 0.1) is 6.42 Å². The van der Waals surface area contributed by atoms with Gasteiger partial charge in [0.25, 0.3) is 0 Å². The van der Waals surface area contributed by atoms with Gasteiger partial charge in [-0.2, -0.15) is 0 Å². The monoisotopic (exact) mass is 389 g/mol. The number of para-hydroxylation sites is 1. The molecule has 3 aromatic carbocycles. The maximum atomic E-state index is 12.5. The maximum Gasteiger partial charge on any atom is 0.228 e. The summed E-state index contributed by atoms with van der Waals surface area (Å²) in [7, 11) is 0. The fourth-order valence-electron chi connectivity index (χ4n) is 3.40. The molecule has 4 nitrogen and oxygen atoms in total. The van der Waals surface area contributed by atoms with Gasteiger partial charge in [-0.1, -0.05) is 55.0 Å². The zero-order chi connectivity index (χ0) is 21.0. The second-order valence-electron chi connectivity index (χ2n) is 7.47. The van der Waals surface area contributed by atoms with Crippen LogP contribution < -0.4 is 5.32 Å². The Morgan fingerprint density at radius 3 is 2.28 bits per heavy atom. The molecular weight excluding hydrogens is 362 g/mol. The molecule has 0 bridgehead atoms. The third kappa shape index (κ3) is 4.96. The molecule has 0 radical (unpaired) electrons. The molecule has 0 heterocycles. The highest BCUT2D eigenvalue weighted by molar-refractivity contribution is 5.92. The lowest BCUT2D eigenvalue weighted by Gasteiger charge is -2.14. The molecule has 3 aromatic rings. The molecule has 0 atom stereocenters. The van der Waals surface area contributed by atoms with Gasteiger partial charge in [-0.3, -0.25) is 4.79 Å². The number of phenols is 2. The number of carbonyl (C=O) groups is 1. The predicted molar refractivity (Wildman–Crippen MR) is 117 cm³/mol. The van der Waals surface area contributed by atoms with Gasteiger partial charge < -0.3 is 15.5 Å². The van der Waals surface area contributed by atoms with Crippen LogP contribution in [0.25, 0.3) is 0 Å². The molecule has 3 rings (SSSR count). The largest absolute Gasteiger partial charge is 0.507 e. The SMILES string of the molecule is CCc1cc(NC(=O)Cc2ccc(C)cc2)cc(Cc2cccc(C)c2O)c1O. The first-order valence-electron chi connectivity index (χ1n) is 9.85. The van der Waals surface area contributed by atoms with Crippen molar-refractivity contribution in [3.8, 4) is 11.5 Å². The second kappa shape index (κ2) is 8.82. The van der Waals surface area contributed by atoms with Crippen molar-refractivity contribution in [1.29, 1.82) is 0 Å². The summed E-state index contributed by atoms with van der Waals surface area (Å²) in [5.74, 6) is 0.342. The summed E-state index contributed by atoms with van der Waals surface area (Å²) in [6, 6.07) is 17.1. The topological polar surface area (TPSA) is 69.6 Å². The fraction of sp³-hybridized carbons (Fsp3) is 0.240. The number of nitrogens with one attached hydrogen (secondary N) is 1. The van der Waals surface area contributed by atoms with Crippen molar-refractivity contribution in [2.45, 2.75) is 40.0 Å². The smallest absolute Gasteiger partial charge is 0.228 e. The number of amides is 1. The highest BCUT2D eigenvalue weighted by atomic mass is 16.3. The zero-order valence-corrected chi connectivity index (χ0v) is 17.1. The summed E-state index contributed by atoms with van der Waals surface area (Å²) in [5.41, 5.74) is 5.73. The third-order valence-corrected chi connectivity index (χ3v) is 5.12. The Morgan fingerprint density at radius 2 is 1.59 bits per heavy atom. The van der Waals surface area contributed by atoms with E-state index in [0.29, 0.717) is 24.1 Å². The molecular formula is C25H27NO3. The van der Waals surface area contributed by atoms with E-state index in [1.165, 1.54) is 0 Å². The number of rotatable bonds is 6. The van der Waals surface area contributed by atoms with Crippen molar-refractivity contribution >= 4 is 11.6 Å². The number of carbonyl (C=O) groups excluding carboxylic acids is 1. The summed E-state index contributed by atoms with van der Waals surface area (Å²) >= 11 is 0. The molecule has 4 heteroatoms. The lowest BCUT2D eigenvalue weighted by Crippen LogP contribution is -2.15. The number of phenolic OH excluding ortho intramolecular Hbond substituents is 2. The highest BCUT2D eigenvalue weighted by Gasteiger charge is 2.14. The number of anilines is 1. The number of benzene rings is 3. The first-order valence-corrected chi connectivity index (χ1v) is 9.85. The van der Waals surface area contributed by atoms with Crippen LogP contribution in [-0.2, 0) is 24.1 Å².